The van der Waals surface area contributed by atoms with Crippen LogP contribution in [0.25, 0.3) is 10.9 Å². The van der Waals surface area contributed by atoms with Gasteiger partial charge in [-0.2, -0.15) is 0 Å². The molecule has 1 heterocycles. The van der Waals surface area contributed by atoms with E-state index in [2.05, 4.69) is 15.3 Å². The van der Waals surface area contributed by atoms with Crippen LogP contribution < -0.4 is 10.9 Å². The molecule has 1 atom stereocenters. The van der Waals surface area contributed by atoms with Crippen molar-refractivity contribution in [1.29, 1.82) is 0 Å². The molecule has 4 aromatic rings. The number of hydrogen-bond acceptors (Lipinski definition) is 5. The Kier molecular flexibility index (Phi) is 5.62. The third-order valence-corrected chi connectivity index (χ3v) is 5.92. The molecular formula is C26H23N3O4. The van der Waals surface area contributed by atoms with E-state index in [1.54, 1.807) is 24.3 Å². The number of carbonyl (C=O) groups is 1. The van der Waals surface area contributed by atoms with Gasteiger partial charge in [-0.05, 0) is 65.9 Å². The highest BCUT2D eigenvalue weighted by Crippen LogP contribution is 2.35. The van der Waals surface area contributed by atoms with Crippen molar-refractivity contribution < 1.29 is 14.6 Å². The van der Waals surface area contributed by atoms with Crippen molar-refractivity contribution in [3.8, 4) is 0 Å². The maximum Gasteiger partial charge on any atom is 0.335 e. The number of benzene rings is 3. The van der Waals surface area contributed by atoms with Gasteiger partial charge in [0.2, 0.25) is 0 Å². The van der Waals surface area contributed by atoms with Crippen molar-refractivity contribution in [2.24, 2.45) is 0 Å². The monoisotopic (exact) mass is 441 g/mol. The summed E-state index contributed by atoms with van der Waals surface area (Å²) in [6.45, 7) is 0.682. The van der Waals surface area contributed by atoms with E-state index in [-0.39, 0.29) is 23.8 Å². The Morgan fingerprint density at radius 1 is 1.09 bits per heavy atom. The second-order valence-electron chi connectivity index (χ2n) is 8.18. The summed E-state index contributed by atoms with van der Waals surface area (Å²) in [7, 11) is 0. The fourth-order valence-electron chi connectivity index (χ4n) is 4.26. The Morgan fingerprint density at radius 2 is 1.88 bits per heavy atom. The first-order chi connectivity index (χ1) is 16.1. The number of H-pyrrole nitrogens is 1. The molecule has 0 spiro atoms. The highest BCUT2D eigenvalue weighted by atomic mass is 16.5. The second kappa shape index (κ2) is 8.88. The Hall–Kier alpha value is -3.97. The number of aromatic amines is 1. The van der Waals surface area contributed by atoms with Gasteiger partial charge in [-0.3, -0.25) is 4.79 Å². The second-order valence-corrected chi connectivity index (χ2v) is 8.18. The molecule has 3 N–H and O–H groups in total. The van der Waals surface area contributed by atoms with E-state index in [1.807, 2.05) is 42.5 Å². The molecule has 0 radical (unpaired) electrons. The molecule has 0 bridgehead atoms. The maximum absolute atomic E-state index is 12.8. The minimum absolute atomic E-state index is 0.0494. The van der Waals surface area contributed by atoms with Crippen molar-refractivity contribution in [3.63, 3.8) is 0 Å². The first kappa shape index (κ1) is 20.9. The zero-order valence-corrected chi connectivity index (χ0v) is 17.9. The standard InChI is InChI=1S/C26H23N3O4/c30-25-21-13-20-18(8-11-22(20)27-19-9-6-17(7-10-19)26(31)32)12-23(21)28-24(29-25)15-33-14-16-4-2-1-3-5-16/h1-7,9-10,12-13,22,27H,8,11,14-15H2,(H,31,32)(H,28,29,30)/t22-/m0/s1. The summed E-state index contributed by atoms with van der Waals surface area (Å²) >= 11 is 0. The van der Waals surface area contributed by atoms with E-state index in [9.17, 15) is 9.59 Å². The van der Waals surface area contributed by atoms with Crippen LogP contribution in [-0.2, 0) is 24.4 Å². The van der Waals surface area contributed by atoms with Crippen LogP contribution in [0, 0.1) is 0 Å². The quantitative estimate of drug-likeness (QED) is 0.392. The van der Waals surface area contributed by atoms with Gasteiger partial charge in [0.05, 0.1) is 29.1 Å². The minimum atomic E-state index is -0.948. The lowest BCUT2D eigenvalue weighted by Crippen LogP contribution is -2.14. The fourth-order valence-corrected chi connectivity index (χ4v) is 4.26. The number of rotatable bonds is 7. The van der Waals surface area contributed by atoms with Crippen molar-refractivity contribution in [2.45, 2.75) is 32.1 Å². The number of carboxylic acids is 1. The Morgan fingerprint density at radius 3 is 2.64 bits per heavy atom. The molecule has 0 saturated carbocycles. The Balaban J connectivity index is 1.34. The predicted octanol–water partition coefficient (Wildman–Crippen LogP) is 4.44. The molecule has 7 heteroatoms. The number of ether oxygens (including phenoxy) is 1. The number of aryl methyl sites for hydroxylation is 1. The molecular weight excluding hydrogens is 418 g/mol. The number of nitrogens with zero attached hydrogens (tertiary/aromatic N) is 1. The molecule has 0 fully saturated rings. The summed E-state index contributed by atoms with van der Waals surface area (Å²) in [6, 6.07) is 20.5. The Labute approximate surface area is 190 Å². The van der Waals surface area contributed by atoms with Crippen LogP contribution in [0.5, 0.6) is 0 Å². The Bertz CT molecular complexity index is 1360. The van der Waals surface area contributed by atoms with Crippen LogP contribution in [0.1, 0.15) is 45.3 Å². The van der Waals surface area contributed by atoms with Gasteiger partial charge in [-0.1, -0.05) is 30.3 Å². The van der Waals surface area contributed by atoms with Gasteiger partial charge in [0.25, 0.3) is 5.56 Å². The summed E-state index contributed by atoms with van der Waals surface area (Å²) in [5, 5.41) is 13.1. The van der Waals surface area contributed by atoms with Crippen molar-refractivity contribution in [1.82, 2.24) is 9.97 Å². The highest BCUT2D eigenvalue weighted by Gasteiger charge is 2.24. The van der Waals surface area contributed by atoms with Crippen LogP contribution in [-0.4, -0.2) is 21.0 Å². The lowest BCUT2D eigenvalue weighted by Gasteiger charge is -2.16. The van der Waals surface area contributed by atoms with Crippen molar-refractivity contribution in [3.05, 3.63) is 105 Å². The van der Waals surface area contributed by atoms with E-state index in [1.165, 1.54) is 0 Å². The molecule has 1 aliphatic carbocycles. The first-order valence-corrected chi connectivity index (χ1v) is 10.8. The molecule has 3 aromatic carbocycles. The number of anilines is 1. The number of carboxylic acid groups (broad SMARTS) is 1. The van der Waals surface area contributed by atoms with Gasteiger partial charge in [0.1, 0.15) is 12.4 Å². The van der Waals surface area contributed by atoms with Crippen LogP contribution in [0.15, 0.2) is 71.5 Å². The minimum Gasteiger partial charge on any atom is -0.478 e. The number of aromatic nitrogens is 2. The maximum atomic E-state index is 12.8. The van der Waals surface area contributed by atoms with E-state index in [0.717, 1.165) is 35.2 Å². The van der Waals surface area contributed by atoms with Crippen LogP contribution in [0.2, 0.25) is 0 Å². The molecule has 5 rings (SSSR count). The smallest absolute Gasteiger partial charge is 0.335 e. The number of hydrogen-bond donors (Lipinski definition) is 3. The highest BCUT2D eigenvalue weighted by molar-refractivity contribution is 5.88. The zero-order valence-electron chi connectivity index (χ0n) is 17.9. The summed E-state index contributed by atoms with van der Waals surface area (Å²) < 4.78 is 5.73. The molecule has 1 aliphatic rings. The number of nitrogens with one attached hydrogen (secondary N) is 2. The summed E-state index contributed by atoms with van der Waals surface area (Å²) in [5.41, 5.74) is 4.88. The van der Waals surface area contributed by atoms with E-state index in [4.69, 9.17) is 9.84 Å². The molecule has 166 valence electrons. The molecule has 33 heavy (non-hydrogen) atoms. The fraction of sp³-hybridized carbons (Fsp3) is 0.192. The van der Waals surface area contributed by atoms with Crippen LogP contribution in [0.3, 0.4) is 0 Å². The third-order valence-electron chi connectivity index (χ3n) is 5.92. The van der Waals surface area contributed by atoms with Gasteiger partial charge < -0.3 is 20.1 Å². The van der Waals surface area contributed by atoms with Gasteiger partial charge >= 0.3 is 5.97 Å². The summed E-state index contributed by atoms with van der Waals surface area (Å²) in [6.07, 6.45) is 1.77. The average Bonchev–Trinajstić information content (AvgIpc) is 3.20. The third kappa shape index (κ3) is 4.49. The van der Waals surface area contributed by atoms with Gasteiger partial charge in [-0.25, -0.2) is 9.78 Å². The van der Waals surface area contributed by atoms with Crippen LogP contribution >= 0.6 is 0 Å². The number of aromatic carboxylic acids is 1. The van der Waals surface area contributed by atoms with E-state index >= 15 is 0 Å². The molecule has 0 unspecified atom stereocenters. The molecule has 0 saturated heterocycles. The molecule has 1 aromatic heterocycles. The largest absolute Gasteiger partial charge is 0.478 e. The molecule has 7 nitrogen and oxygen atoms in total. The predicted molar refractivity (Wildman–Crippen MR) is 125 cm³/mol. The first-order valence-electron chi connectivity index (χ1n) is 10.8. The molecule has 0 amide bonds. The van der Waals surface area contributed by atoms with Crippen molar-refractivity contribution in [2.75, 3.05) is 5.32 Å². The summed E-state index contributed by atoms with van der Waals surface area (Å²) in [5.74, 6) is -0.439. The number of fused-ring (bicyclic) bond motifs is 2. The zero-order chi connectivity index (χ0) is 22.8. The van der Waals surface area contributed by atoms with Crippen LogP contribution in [0.4, 0.5) is 5.69 Å². The lowest BCUT2D eigenvalue weighted by molar-refractivity contribution is 0.0697. The lowest BCUT2D eigenvalue weighted by atomic mass is 10.0. The van der Waals surface area contributed by atoms with E-state index in [0.29, 0.717) is 23.3 Å². The van der Waals surface area contributed by atoms with E-state index < -0.39 is 5.97 Å². The van der Waals surface area contributed by atoms with Gasteiger partial charge in [0.15, 0.2) is 0 Å². The summed E-state index contributed by atoms with van der Waals surface area (Å²) in [4.78, 5) is 31.3. The van der Waals surface area contributed by atoms with Crippen molar-refractivity contribution >= 4 is 22.6 Å². The SMILES string of the molecule is O=C(O)c1ccc(N[C@H]2CCc3cc4nc(COCc5ccccc5)[nH]c(=O)c4cc32)cc1. The topological polar surface area (TPSA) is 104 Å². The normalized spacial score (nSPS) is 14.8. The molecule has 0 aliphatic heterocycles. The van der Waals surface area contributed by atoms with Gasteiger partial charge in [-0.15, -0.1) is 0 Å². The van der Waals surface area contributed by atoms with Gasteiger partial charge in [0, 0.05) is 5.69 Å². The average molecular weight is 441 g/mol.